The van der Waals surface area contributed by atoms with E-state index < -0.39 is 0 Å². The maximum Gasteiger partial charge on any atom is 0.243 e. The van der Waals surface area contributed by atoms with E-state index in [0.717, 1.165) is 36.0 Å². The zero-order valence-corrected chi connectivity index (χ0v) is 20.5. The van der Waals surface area contributed by atoms with E-state index >= 15 is 0 Å². The van der Waals surface area contributed by atoms with Crippen LogP contribution in [-0.2, 0) is 17.6 Å². The Morgan fingerprint density at radius 1 is 1.25 bits per heavy atom. The van der Waals surface area contributed by atoms with Gasteiger partial charge < -0.3 is 20.3 Å². The van der Waals surface area contributed by atoms with Crippen molar-refractivity contribution in [2.24, 2.45) is 5.92 Å². The fourth-order valence-corrected chi connectivity index (χ4v) is 4.74. The summed E-state index contributed by atoms with van der Waals surface area (Å²) in [7, 11) is 2.00. The smallest absolute Gasteiger partial charge is 0.243 e. The first kappa shape index (κ1) is 24.1. The van der Waals surface area contributed by atoms with E-state index in [2.05, 4.69) is 74.1 Å². The molecule has 5 nitrogen and oxygen atoms in total. The second kappa shape index (κ2) is 10.4. The van der Waals surface area contributed by atoms with E-state index in [1.165, 1.54) is 22.1 Å². The molecular weight excluding hydrogens is 398 g/mol. The first-order valence-corrected chi connectivity index (χ1v) is 11.8. The number of benzene rings is 1. The lowest BCUT2D eigenvalue weighted by molar-refractivity contribution is -0.124. The molecule has 3 rings (SSSR count). The van der Waals surface area contributed by atoms with Crippen molar-refractivity contribution in [3.05, 3.63) is 52.8 Å². The summed E-state index contributed by atoms with van der Waals surface area (Å²) in [6.45, 7) is 10.6. The van der Waals surface area contributed by atoms with Crippen LogP contribution in [0.4, 0.5) is 5.69 Å². The molecule has 1 aliphatic rings. The minimum absolute atomic E-state index is 0.0252. The number of hydrogen-bond donors (Lipinski definition) is 3. The number of rotatable bonds is 7. The van der Waals surface area contributed by atoms with Gasteiger partial charge >= 0.3 is 0 Å². The van der Waals surface area contributed by atoms with Gasteiger partial charge in [0, 0.05) is 24.3 Å². The van der Waals surface area contributed by atoms with Crippen molar-refractivity contribution < 1.29 is 9.90 Å². The average molecular weight is 438 g/mol. The number of aromatic amines is 1. The summed E-state index contributed by atoms with van der Waals surface area (Å²) in [5, 5.41) is 14.1. The molecule has 2 unspecified atom stereocenters. The molecule has 0 radical (unpaired) electrons. The highest BCUT2D eigenvalue weighted by atomic mass is 16.3. The summed E-state index contributed by atoms with van der Waals surface area (Å²) in [4.78, 5) is 18.6. The second-order valence-corrected chi connectivity index (χ2v) is 9.77. The lowest BCUT2D eigenvalue weighted by Crippen LogP contribution is -2.52. The molecule has 1 aliphatic heterocycles. The first-order chi connectivity index (χ1) is 15.2. The quantitative estimate of drug-likeness (QED) is 0.540. The lowest BCUT2D eigenvalue weighted by atomic mass is 9.98. The summed E-state index contributed by atoms with van der Waals surface area (Å²) in [5.74, 6) is 0.115. The molecule has 0 spiro atoms. The number of aliphatic hydroxyl groups excluding tert-OH is 1. The van der Waals surface area contributed by atoms with Crippen molar-refractivity contribution in [1.82, 2.24) is 10.3 Å². The number of aromatic nitrogens is 1. The van der Waals surface area contributed by atoms with E-state index in [4.69, 9.17) is 0 Å². The number of carbonyl (C=O) groups is 1. The molecule has 1 aromatic carbocycles. The molecule has 0 saturated carbocycles. The highest BCUT2D eigenvalue weighted by Crippen LogP contribution is 2.35. The van der Waals surface area contributed by atoms with Crippen molar-refractivity contribution >= 4 is 22.5 Å². The van der Waals surface area contributed by atoms with Crippen LogP contribution in [0.15, 0.2) is 41.6 Å². The number of anilines is 1. The molecule has 2 atom stereocenters. The van der Waals surface area contributed by atoms with Gasteiger partial charge in [0.25, 0.3) is 0 Å². The van der Waals surface area contributed by atoms with Crippen LogP contribution in [-0.4, -0.2) is 41.7 Å². The van der Waals surface area contributed by atoms with Crippen LogP contribution in [0.25, 0.3) is 10.9 Å². The molecule has 1 aromatic heterocycles. The maximum atomic E-state index is 13.0. The predicted molar refractivity (Wildman–Crippen MR) is 134 cm³/mol. The molecule has 2 aromatic rings. The van der Waals surface area contributed by atoms with Gasteiger partial charge in [-0.05, 0) is 69.6 Å². The van der Waals surface area contributed by atoms with Gasteiger partial charge in [0.2, 0.25) is 5.91 Å². The number of H-pyrrole nitrogens is 1. The Hall–Kier alpha value is -2.53. The molecule has 0 fully saturated rings. The van der Waals surface area contributed by atoms with E-state index in [0.29, 0.717) is 6.42 Å². The third-order valence-electron chi connectivity index (χ3n) is 6.47. The van der Waals surface area contributed by atoms with E-state index in [9.17, 15) is 9.90 Å². The third kappa shape index (κ3) is 5.26. The maximum absolute atomic E-state index is 13.0. The summed E-state index contributed by atoms with van der Waals surface area (Å²) in [5.41, 5.74) is 7.35. The minimum Gasteiger partial charge on any atom is -0.394 e. The number of nitrogens with zero attached hydrogens (tertiary/aromatic N) is 1. The summed E-state index contributed by atoms with van der Waals surface area (Å²) in [6, 6.07) is 3.76. The fourth-order valence-electron chi connectivity index (χ4n) is 4.74. The van der Waals surface area contributed by atoms with Crippen molar-refractivity contribution in [1.29, 1.82) is 0 Å². The highest BCUT2D eigenvalue weighted by molar-refractivity contribution is 6.00. The Bertz CT molecular complexity index is 1010. The van der Waals surface area contributed by atoms with Crippen LogP contribution in [0.1, 0.15) is 58.6 Å². The molecule has 0 aliphatic carbocycles. The molecule has 174 valence electrons. The van der Waals surface area contributed by atoms with Gasteiger partial charge in [0.05, 0.1) is 18.2 Å². The van der Waals surface area contributed by atoms with Gasteiger partial charge in [-0.25, -0.2) is 0 Å². The van der Waals surface area contributed by atoms with E-state index in [-0.39, 0.29) is 30.5 Å². The van der Waals surface area contributed by atoms with Crippen LogP contribution >= 0.6 is 0 Å². The van der Waals surface area contributed by atoms with Gasteiger partial charge in [0.15, 0.2) is 0 Å². The Balaban J connectivity index is 2.00. The van der Waals surface area contributed by atoms with Crippen molar-refractivity contribution in [2.45, 2.75) is 72.4 Å². The van der Waals surface area contributed by atoms with Crippen LogP contribution in [0.3, 0.4) is 0 Å². The first-order valence-electron chi connectivity index (χ1n) is 11.8. The standard InChI is InChI=1S/C27H39N3O2/c1-17(2)8-7-9-19(5)10-11-20-12-13-23-24-21(15-28-25(20)24)14-22(16-31)29-27(32)26(18(3)4)30(23)6/h8,10,12-13,15,18,22,26,28,31H,7,9,11,14,16H2,1-6H3,(H,29,32). The zero-order chi connectivity index (χ0) is 23.4. The summed E-state index contributed by atoms with van der Waals surface area (Å²) >= 11 is 0. The van der Waals surface area contributed by atoms with Gasteiger partial charge in [-0.15, -0.1) is 0 Å². The van der Waals surface area contributed by atoms with Gasteiger partial charge in [-0.3, -0.25) is 4.79 Å². The van der Waals surface area contributed by atoms with Crippen LogP contribution < -0.4 is 10.2 Å². The monoisotopic (exact) mass is 437 g/mol. The van der Waals surface area contributed by atoms with Gasteiger partial charge in [0.1, 0.15) is 6.04 Å². The topological polar surface area (TPSA) is 68.4 Å². The number of likely N-dealkylation sites (N-methyl/N-ethyl adjacent to an activating group) is 1. The average Bonchev–Trinajstić information content (AvgIpc) is 3.15. The highest BCUT2D eigenvalue weighted by Gasteiger charge is 2.32. The molecule has 1 amide bonds. The second-order valence-electron chi connectivity index (χ2n) is 9.77. The predicted octanol–water partition coefficient (Wildman–Crippen LogP) is 4.90. The van der Waals surface area contributed by atoms with Gasteiger partial charge in [-0.1, -0.05) is 43.2 Å². The number of aliphatic hydroxyl groups is 1. The molecule has 0 saturated heterocycles. The van der Waals surface area contributed by atoms with E-state index in [1.807, 2.05) is 13.2 Å². The van der Waals surface area contributed by atoms with Crippen LogP contribution in [0, 0.1) is 5.92 Å². The molecule has 3 N–H and O–H groups in total. The van der Waals surface area contributed by atoms with Crippen LogP contribution in [0.5, 0.6) is 0 Å². The Kier molecular flexibility index (Phi) is 7.83. The van der Waals surface area contributed by atoms with E-state index in [1.54, 1.807) is 0 Å². The van der Waals surface area contributed by atoms with Gasteiger partial charge in [-0.2, -0.15) is 0 Å². The normalized spacial score (nSPS) is 19.6. The number of amides is 1. The summed E-state index contributed by atoms with van der Waals surface area (Å²) < 4.78 is 0. The largest absolute Gasteiger partial charge is 0.394 e. The van der Waals surface area contributed by atoms with Crippen LogP contribution in [0.2, 0.25) is 0 Å². The Morgan fingerprint density at radius 3 is 2.66 bits per heavy atom. The zero-order valence-electron chi connectivity index (χ0n) is 20.5. The number of hydrogen-bond acceptors (Lipinski definition) is 3. The Labute approximate surface area is 192 Å². The molecule has 0 bridgehead atoms. The number of nitrogens with one attached hydrogen (secondary N) is 2. The lowest BCUT2D eigenvalue weighted by Gasteiger charge is -2.32. The van der Waals surface area contributed by atoms with Crippen molar-refractivity contribution in [3.63, 3.8) is 0 Å². The number of carbonyl (C=O) groups excluding carboxylic acids is 1. The summed E-state index contributed by atoms with van der Waals surface area (Å²) in [6.07, 6.45) is 10.3. The molecular formula is C27H39N3O2. The third-order valence-corrected chi connectivity index (χ3v) is 6.47. The molecule has 5 heteroatoms. The minimum atomic E-state index is -0.295. The van der Waals surface area contributed by atoms with Crippen molar-refractivity contribution in [3.8, 4) is 0 Å². The Morgan fingerprint density at radius 2 is 2.00 bits per heavy atom. The molecule has 32 heavy (non-hydrogen) atoms. The number of allylic oxidation sites excluding steroid dienone is 4. The molecule has 2 heterocycles. The van der Waals surface area contributed by atoms with Crippen molar-refractivity contribution in [2.75, 3.05) is 18.6 Å². The fraction of sp³-hybridized carbons (Fsp3) is 0.519. The SMILES string of the molecule is CC(C)=CCCC(C)=CCc1ccc2c3c(c[nH]c13)CC(CO)NC(=O)C(C(C)C)N2C.